The molecule has 2 aliphatic carbocycles. The summed E-state index contributed by atoms with van der Waals surface area (Å²) < 4.78 is 34.1. The van der Waals surface area contributed by atoms with Crippen molar-refractivity contribution >= 4 is 5.97 Å². The van der Waals surface area contributed by atoms with Crippen molar-refractivity contribution in [3.8, 4) is 0 Å². The fraction of sp³-hybridized carbons (Fsp3) is 0.821. The third kappa shape index (κ3) is 4.91. The van der Waals surface area contributed by atoms with Gasteiger partial charge in [0, 0.05) is 31.1 Å². The highest BCUT2D eigenvalue weighted by Crippen LogP contribution is 2.63. The third-order valence-electron chi connectivity index (χ3n) is 14.6. The molecule has 10 nitrogen and oxygen atoms in total. The van der Waals surface area contributed by atoms with Gasteiger partial charge in [-0.3, -0.25) is 0 Å². The molecule has 1 aromatic carbocycles. The summed E-state index contributed by atoms with van der Waals surface area (Å²) in [7, 11) is 0. The van der Waals surface area contributed by atoms with Crippen LogP contribution in [0.5, 0.6) is 0 Å². The number of ether oxygens (including phenoxy) is 5. The minimum absolute atomic E-state index is 0.000386. The summed E-state index contributed by atoms with van der Waals surface area (Å²) in [6, 6.07) is 9.22. The molecule has 0 aromatic heterocycles. The average Bonchev–Trinajstić information content (AvgIpc) is 3.46. The lowest BCUT2D eigenvalue weighted by Gasteiger charge is -2.62. The standard InChI is InChI=1S/C39H54O10/c1-21-12-14-28-23(3)30(42-34-38(28)26(21)16-18-36(5,44-34)46-48-38)20-31(41-33(40)25-10-8-7-9-11-25)32-24(4)29-15-13-22(2)27-17-19-37(6)45-35(43-32)39(27,29)49-47-37/h7-11,21-24,26-32,34-35H,12-20H2,1-6H3/t21-,22-,23-,24-,26+,27+,28+,29+,30-,31+,32?,34-,35-,36+,37+,38?,39?/m1/s1. The zero-order chi connectivity index (χ0) is 33.9. The van der Waals surface area contributed by atoms with Crippen LogP contribution in [0.1, 0.15) is 110 Å². The third-order valence-corrected chi connectivity index (χ3v) is 14.6. The van der Waals surface area contributed by atoms with Crippen LogP contribution in [-0.2, 0) is 43.2 Å². The second-order valence-electron chi connectivity index (χ2n) is 17.4. The molecule has 17 atom stereocenters. The van der Waals surface area contributed by atoms with Gasteiger partial charge >= 0.3 is 5.97 Å². The molecule has 8 heterocycles. The maximum atomic E-state index is 13.9. The van der Waals surface area contributed by atoms with Gasteiger partial charge in [0.25, 0.3) is 0 Å². The molecule has 49 heavy (non-hydrogen) atoms. The van der Waals surface area contributed by atoms with Gasteiger partial charge < -0.3 is 23.7 Å². The summed E-state index contributed by atoms with van der Waals surface area (Å²) in [6.45, 7) is 13.0. The summed E-state index contributed by atoms with van der Waals surface area (Å²) >= 11 is 0. The van der Waals surface area contributed by atoms with Crippen LogP contribution in [0.15, 0.2) is 30.3 Å². The van der Waals surface area contributed by atoms with Gasteiger partial charge in [0.1, 0.15) is 12.2 Å². The number of hydrogen-bond acceptors (Lipinski definition) is 10. The average molecular weight is 683 g/mol. The fourth-order valence-corrected chi connectivity index (χ4v) is 11.9. The molecule has 0 N–H and O–H groups in total. The number of fused-ring (bicyclic) bond motifs is 4. The van der Waals surface area contributed by atoms with E-state index < -0.39 is 47.6 Å². The minimum atomic E-state index is -0.892. The molecule has 270 valence electrons. The fourth-order valence-electron chi connectivity index (χ4n) is 11.9. The van der Waals surface area contributed by atoms with Gasteiger partial charge in [0.2, 0.25) is 11.6 Å². The molecule has 2 spiro atoms. The predicted molar refractivity (Wildman–Crippen MR) is 174 cm³/mol. The van der Waals surface area contributed by atoms with E-state index in [-0.39, 0.29) is 47.6 Å². The zero-order valence-corrected chi connectivity index (χ0v) is 29.8. The molecule has 10 aliphatic rings. The van der Waals surface area contributed by atoms with Crippen LogP contribution < -0.4 is 0 Å². The number of benzene rings is 1. The van der Waals surface area contributed by atoms with Crippen molar-refractivity contribution in [2.75, 3.05) is 0 Å². The van der Waals surface area contributed by atoms with E-state index in [1.165, 1.54) is 0 Å². The maximum absolute atomic E-state index is 13.9. The lowest BCUT2D eigenvalue weighted by atomic mass is 9.56. The summed E-state index contributed by atoms with van der Waals surface area (Å²) in [5.41, 5.74) is -0.849. The van der Waals surface area contributed by atoms with Gasteiger partial charge in [-0.25, -0.2) is 24.3 Å². The molecule has 3 unspecified atom stereocenters. The van der Waals surface area contributed by atoms with Crippen molar-refractivity contribution in [2.45, 2.75) is 153 Å². The smallest absolute Gasteiger partial charge is 0.338 e. The molecule has 8 saturated heterocycles. The van der Waals surface area contributed by atoms with E-state index in [0.29, 0.717) is 23.8 Å². The van der Waals surface area contributed by atoms with Crippen molar-refractivity contribution in [1.29, 1.82) is 0 Å². The Morgan fingerprint density at radius 1 is 0.714 bits per heavy atom. The molecule has 11 rings (SSSR count). The van der Waals surface area contributed by atoms with Crippen LogP contribution >= 0.6 is 0 Å². The molecule has 0 amide bonds. The van der Waals surface area contributed by atoms with Crippen molar-refractivity contribution in [1.82, 2.24) is 0 Å². The number of carbonyl (C=O) groups excluding carboxylic acids is 1. The van der Waals surface area contributed by atoms with Gasteiger partial charge in [-0.2, -0.15) is 0 Å². The molecule has 10 fully saturated rings. The quantitative estimate of drug-likeness (QED) is 0.236. The first-order valence-electron chi connectivity index (χ1n) is 19.1. The van der Waals surface area contributed by atoms with E-state index in [1.54, 1.807) is 12.1 Å². The minimum Gasteiger partial charge on any atom is -0.456 e. The van der Waals surface area contributed by atoms with Crippen LogP contribution in [-0.4, -0.2) is 59.6 Å². The lowest BCUT2D eigenvalue weighted by molar-refractivity contribution is -0.573. The van der Waals surface area contributed by atoms with Gasteiger partial charge in [-0.1, -0.05) is 45.9 Å². The summed E-state index contributed by atoms with van der Waals surface area (Å²) in [6.07, 6.45) is 5.57. The second-order valence-corrected chi connectivity index (χ2v) is 17.4. The Kier molecular flexibility index (Phi) is 7.92. The number of rotatable bonds is 5. The summed E-state index contributed by atoms with van der Waals surface area (Å²) in [5.74, 6) is -0.272. The van der Waals surface area contributed by atoms with Crippen LogP contribution in [0.4, 0.5) is 0 Å². The molecule has 1 aromatic rings. The summed E-state index contributed by atoms with van der Waals surface area (Å²) in [5, 5.41) is 0. The predicted octanol–water partition coefficient (Wildman–Crippen LogP) is 7.10. The van der Waals surface area contributed by atoms with Crippen LogP contribution in [0.3, 0.4) is 0 Å². The van der Waals surface area contributed by atoms with Crippen molar-refractivity contribution < 1.29 is 48.0 Å². The van der Waals surface area contributed by atoms with E-state index in [0.717, 1.165) is 51.4 Å². The highest BCUT2D eigenvalue weighted by atomic mass is 17.3. The molecule has 10 heteroatoms. The van der Waals surface area contributed by atoms with Crippen molar-refractivity contribution in [3.05, 3.63) is 35.9 Å². The monoisotopic (exact) mass is 682 g/mol. The SMILES string of the molecule is C[C@H]1[C@@H](C[C@H](OC(=O)c2ccccc2)C2O[C@@H]3O[C@]4(C)CC[C@H]5[C@H](C)CC[C@@H]([C@H]2C)C35OO4)O[C@@H]2O[C@]3(C)CC[C@H]4[C@H](C)CC[C@@H]1C24OO3. The molecular formula is C39H54O10. The Hall–Kier alpha value is -1.63. The van der Waals surface area contributed by atoms with E-state index in [4.69, 9.17) is 43.2 Å². The second kappa shape index (κ2) is 11.7. The van der Waals surface area contributed by atoms with Gasteiger partial charge in [-0.05, 0) is 100 Å². The Bertz CT molecular complexity index is 1430. The maximum Gasteiger partial charge on any atom is 0.338 e. The highest BCUT2D eigenvalue weighted by molar-refractivity contribution is 5.89. The van der Waals surface area contributed by atoms with Crippen molar-refractivity contribution in [2.24, 2.45) is 47.3 Å². The first kappa shape index (κ1) is 33.2. The molecule has 8 aliphatic heterocycles. The van der Waals surface area contributed by atoms with Gasteiger partial charge in [0.15, 0.2) is 23.8 Å². The number of esters is 1. The first-order valence-corrected chi connectivity index (χ1v) is 19.1. The Labute approximate surface area is 289 Å². The number of hydrogen-bond donors (Lipinski definition) is 0. The Morgan fingerprint density at radius 3 is 1.86 bits per heavy atom. The zero-order valence-electron chi connectivity index (χ0n) is 29.8. The van der Waals surface area contributed by atoms with E-state index >= 15 is 0 Å². The Balaban J connectivity index is 1.06. The lowest BCUT2D eigenvalue weighted by Crippen LogP contribution is -2.72. The Morgan fingerprint density at radius 2 is 1.27 bits per heavy atom. The van der Waals surface area contributed by atoms with Gasteiger partial charge in [-0.15, -0.1) is 0 Å². The van der Waals surface area contributed by atoms with E-state index in [9.17, 15) is 4.79 Å². The highest BCUT2D eigenvalue weighted by Gasteiger charge is 2.72. The van der Waals surface area contributed by atoms with E-state index in [2.05, 4.69) is 27.7 Å². The van der Waals surface area contributed by atoms with Crippen LogP contribution in [0, 0.1) is 47.3 Å². The van der Waals surface area contributed by atoms with Crippen LogP contribution in [0.2, 0.25) is 0 Å². The topological polar surface area (TPSA) is 100 Å². The van der Waals surface area contributed by atoms with Crippen LogP contribution in [0.25, 0.3) is 0 Å². The molecule has 2 saturated carbocycles. The molecule has 0 radical (unpaired) electrons. The van der Waals surface area contributed by atoms with E-state index in [1.807, 2.05) is 32.0 Å². The molecule has 4 bridgehead atoms. The molecular weight excluding hydrogens is 628 g/mol. The van der Waals surface area contributed by atoms with Crippen molar-refractivity contribution in [3.63, 3.8) is 0 Å². The normalized spacial score (nSPS) is 53.4. The summed E-state index contributed by atoms with van der Waals surface area (Å²) in [4.78, 5) is 38.9. The van der Waals surface area contributed by atoms with Gasteiger partial charge in [0.05, 0.1) is 11.7 Å². The largest absolute Gasteiger partial charge is 0.456 e. The number of carbonyl (C=O) groups is 1. The first-order chi connectivity index (χ1) is 23.5.